The summed E-state index contributed by atoms with van der Waals surface area (Å²) in [4.78, 5) is 16.4. The van der Waals surface area contributed by atoms with Gasteiger partial charge in [-0.25, -0.2) is 4.79 Å². The molecule has 0 aliphatic carbocycles. The number of hydrogen-bond acceptors (Lipinski definition) is 2. The van der Waals surface area contributed by atoms with Crippen molar-refractivity contribution in [2.45, 2.75) is 20.4 Å². The Morgan fingerprint density at radius 1 is 1.00 bits per heavy atom. The van der Waals surface area contributed by atoms with Gasteiger partial charge in [-0.15, -0.1) is 0 Å². The molecule has 120 valence electrons. The van der Waals surface area contributed by atoms with Crippen LogP contribution >= 0.6 is 0 Å². The van der Waals surface area contributed by atoms with E-state index in [0.29, 0.717) is 6.54 Å². The van der Waals surface area contributed by atoms with Gasteiger partial charge in [-0.3, -0.25) is 4.90 Å². The summed E-state index contributed by atoms with van der Waals surface area (Å²) in [5, 5.41) is 0. The van der Waals surface area contributed by atoms with E-state index < -0.39 is 0 Å². The number of carbonyl (C=O) groups excluding carboxylic acids is 1. The van der Waals surface area contributed by atoms with E-state index in [1.54, 1.807) is 7.11 Å². The lowest BCUT2D eigenvalue weighted by Gasteiger charge is -2.19. The van der Waals surface area contributed by atoms with E-state index in [1.807, 2.05) is 34.1 Å². The quantitative estimate of drug-likeness (QED) is 0.861. The van der Waals surface area contributed by atoms with Gasteiger partial charge < -0.3 is 9.64 Å². The molecule has 0 aromatic heterocycles. The first-order valence-electron chi connectivity index (χ1n) is 7.84. The van der Waals surface area contributed by atoms with Crippen LogP contribution in [0.1, 0.15) is 16.7 Å². The average Bonchev–Trinajstić information content (AvgIpc) is 2.87. The van der Waals surface area contributed by atoms with Crippen LogP contribution in [-0.2, 0) is 6.54 Å². The van der Waals surface area contributed by atoms with Crippen LogP contribution in [0.5, 0.6) is 5.75 Å². The van der Waals surface area contributed by atoms with Gasteiger partial charge >= 0.3 is 6.03 Å². The molecule has 1 heterocycles. The van der Waals surface area contributed by atoms with Crippen LogP contribution < -0.4 is 9.64 Å². The number of benzene rings is 2. The lowest BCUT2D eigenvalue weighted by Crippen LogP contribution is -2.31. The maximum atomic E-state index is 12.7. The Hall–Kier alpha value is -2.49. The Morgan fingerprint density at radius 2 is 1.65 bits per heavy atom. The molecule has 2 amide bonds. The van der Waals surface area contributed by atoms with E-state index in [0.717, 1.165) is 24.5 Å². The SMILES string of the molecule is COc1ccc(N2CCN(Cc3cc(C)cc(C)c3)C2=O)cc1. The van der Waals surface area contributed by atoms with Gasteiger partial charge in [0.05, 0.1) is 7.11 Å². The third-order valence-corrected chi connectivity index (χ3v) is 4.13. The Labute approximate surface area is 137 Å². The zero-order valence-corrected chi connectivity index (χ0v) is 13.9. The molecule has 4 nitrogen and oxygen atoms in total. The topological polar surface area (TPSA) is 32.8 Å². The van der Waals surface area contributed by atoms with Gasteiger partial charge in [0, 0.05) is 25.3 Å². The molecule has 0 unspecified atom stereocenters. The first-order chi connectivity index (χ1) is 11.1. The Kier molecular flexibility index (Phi) is 4.24. The lowest BCUT2D eigenvalue weighted by atomic mass is 10.1. The number of rotatable bonds is 4. The first kappa shape index (κ1) is 15.4. The molecule has 4 heteroatoms. The van der Waals surface area contributed by atoms with Crippen LogP contribution in [0.3, 0.4) is 0 Å². The fourth-order valence-electron chi connectivity index (χ4n) is 3.11. The van der Waals surface area contributed by atoms with Crippen molar-refractivity contribution in [1.82, 2.24) is 4.90 Å². The van der Waals surface area contributed by atoms with Gasteiger partial charge in [0.25, 0.3) is 0 Å². The van der Waals surface area contributed by atoms with Crippen LogP contribution in [0, 0.1) is 13.8 Å². The molecule has 23 heavy (non-hydrogen) atoms. The molecule has 2 aromatic carbocycles. The number of ether oxygens (including phenoxy) is 1. The summed E-state index contributed by atoms with van der Waals surface area (Å²) in [6.45, 7) is 6.31. The van der Waals surface area contributed by atoms with Gasteiger partial charge in [0.15, 0.2) is 0 Å². The van der Waals surface area contributed by atoms with Crippen LogP contribution in [0.2, 0.25) is 0 Å². The minimum absolute atomic E-state index is 0.0642. The predicted octanol–water partition coefficient (Wildman–Crippen LogP) is 3.75. The van der Waals surface area contributed by atoms with E-state index in [4.69, 9.17) is 4.74 Å². The van der Waals surface area contributed by atoms with E-state index in [-0.39, 0.29) is 6.03 Å². The zero-order chi connectivity index (χ0) is 16.4. The maximum absolute atomic E-state index is 12.7. The van der Waals surface area contributed by atoms with Gasteiger partial charge in [0.2, 0.25) is 0 Å². The number of hydrogen-bond donors (Lipinski definition) is 0. The molecule has 2 aromatic rings. The van der Waals surface area contributed by atoms with Crippen molar-refractivity contribution in [3.63, 3.8) is 0 Å². The number of aryl methyl sites for hydroxylation is 2. The number of amides is 2. The molecular weight excluding hydrogens is 288 g/mol. The monoisotopic (exact) mass is 310 g/mol. The summed E-state index contributed by atoms with van der Waals surface area (Å²) in [5.74, 6) is 0.799. The minimum Gasteiger partial charge on any atom is -0.497 e. The predicted molar refractivity (Wildman–Crippen MR) is 92.1 cm³/mol. The third kappa shape index (κ3) is 3.31. The normalized spacial score (nSPS) is 14.5. The molecule has 1 aliphatic rings. The van der Waals surface area contributed by atoms with Crippen LogP contribution in [0.4, 0.5) is 10.5 Å². The molecule has 0 bridgehead atoms. The Bertz CT molecular complexity index is 690. The molecule has 1 fully saturated rings. The Morgan fingerprint density at radius 3 is 2.26 bits per heavy atom. The highest BCUT2D eigenvalue weighted by molar-refractivity contribution is 5.94. The van der Waals surface area contributed by atoms with E-state index in [2.05, 4.69) is 32.0 Å². The van der Waals surface area contributed by atoms with Crippen molar-refractivity contribution in [2.24, 2.45) is 0 Å². The summed E-state index contributed by atoms with van der Waals surface area (Å²) in [7, 11) is 1.64. The summed E-state index contributed by atoms with van der Waals surface area (Å²) in [5.41, 5.74) is 4.57. The largest absolute Gasteiger partial charge is 0.497 e. The van der Waals surface area contributed by atoms with Gasteiger partial charge in [-0.1, -0.05) is 29.3 Å². The number of anilines is 1. The highest BCUT2D eigenvalue weighted by atomic mass is 16.5. The first-order valence-corrected chi connectivity index (χ1v) is 7.84. The molecule has 0 atom stereocenters. The van der Waals surface area contributed by atoms with Crippen molar-refractivity contribution in [3.05, 3.63) is 59.2 Å². The van der Waals surface area contributed by atoms with Gasteiger partial charge in [-0.05, 0) is 43.7 Å². The van der Waals surface area contributed by atoms with Crippen molar-refractivity contribution < 1.29 is 9.53 Å². The van der Waals surface area contributed by atoms with E-state index in [9.17, 15) is 4.79 Å². The Balaban J connectivity index is 1.73. The summed E-state index contributed by atoms with van der Waals surface area (Å²) in [6.07, 6.45) is 0. The second-order valence-electron chi connectivity index (χ2n) is 6.05. The summed E-state index contributed by atoms with van der Waals surface area (Å²) in [6, 6.07) is 14.1. The highest BCUT2D eigenvalue weighted by Gasteiger charge is 2.29. The molecule has 0 radical (unpaired) electrons. The number of carbonyl (C=O) groups is 1. The minimum atomic E-state index is 0.0642. The van der Waals surface area contributed by atoms with Crippen LogP contribution in [-0.4, -0.2) is 31.1 Å². The number of urea groups is 1. The molecular formula is C19H22N2O2. The second-order valence-corrected chi connectivity index (χ2v) is 6.05. The molecule has 0 spiro atoms. The van der Waals surface area contributed by atoms with Crippen LogP contribution in [0.15, 0.2) is 42.5 Å². The van der Waals surface area contributed by atoms with Gasteiger partial charge in [0.1, 0.15) is 5.75 Å². The number of methoxy groups -OCH3 is 1. The molecule has 3 rings (SSSR count). The molecule has 1 aliphatic heterocycles. The molecule has 0 saturated carbocycles. The smallest absolute Gasteiger partial charge is 0.324 e. The lowest BCUT2D eigenvalue weighted by molar-refractivity contribution is 0.218. The fraction of sp³-hybridized carbons (Fsp3) is 0.316. The standard InChI is InChI=1S/C19H22N2O2/c1-14-10-15(2)12-16(11-14)13-20-8-9-21(19(20)22)17-4-6-18(23-3)7-5-17/h4-7,10-12H,8-9,13H2,1-3H3. The molecule has 1 saturated heterocycles. The van der Waals surface area contributed by atoms with Crippen molar-refractivity contribution in [1.29, 1.82) is 0 Å². The second kappa shape index (κ2) is 6.32. The average molecular weight is 310 g/mol. The fourth-order valence-corrected chi connectivity index (χ4v) is 3.11. The molecule has 0 N–H and O–H groups in total. The van der Waals surface area contributed by atoms with E-state index in [1.165, 1.54) is 16.7 Å². The van der Waals surface area contributed by atoms with Crippen molar-refractivity contribution in [3.8, 4) is 5.75 Å². The number of nitrogens with zero attached hydrogens (tertiary/aromatic N) is 2. The van der Waals surface area contributed by atoms with Gasteiger partial charge in [-0.2, -0.15) is 0 Å². The van der Waals surface area contributed by atoms with Crippen molar-refractivity contribution >= 4 is 11.7 Å². The third-order valence-electron chi connectivity index (χ3n) is 4.13. The highest BCUT2D eigenvalue weighted by Crippen LogP contribution is 2.24. The summed E-state index contributed by atoms with van der Waals surface area (Å²) >= 11 is 0. The van der Waals surface area contributed by atoms with Crippen LogP contribution in [0.25, 0.3) is 0 Å². The zero-order valence-electron chi connectivity index (χ0n) is 13.9. The van der Waals surface area contributed by atoms with Crippen molar-refractivity contribution in [2.75, 3.05) is 25.1 Å². The summed E-state index contributed by atoms with van der Waals surface area (Å²) < 4.78 is 5.17. The maximum Gasteiger partial charge on any atom is 0.324 e. The van der Waals surface area contributed by atoms with E-state index >= 15 is 0 Å².